The second kappa shape index (κ2) is 9.79. The van der Waals surface area contributed by atoms with Crippen LogP contribution in [0.5, 0.6) is 0 Å². The van der Waals surface area contributed by atoms with Gasteiger partial charge in [-0.2, -0.15) is 9.97 Å². The van der Waals surface area contributed by atoms with Gasteiger partial charge in [0.2, 0.25) is 5.95 Å². The average molecular weight is 472 g/mol. The van der Waals surface area contributed by atoms with Crippen LogP contribution in [0.4, 0.5) is 20.5 Å². The molecule has 8 nitrogen and oxygen atoms in total. The largest absolute Gasteiger partial charge is 0.378 e. The fourth-order valence-corrected chi connectivity index (χ4v) is 4.79. The zero-order chi connectivity index (χ0) is 23.7. The van der Waals surface area contributed by atoms with E-state index in [0.29, 0.717) is 60.8 Å². The summed E-state index contributed by atoms with van der Waals surface area (Å²) < 4.78 is 35.0. The Labute approximate surface area is 197 Å². The number of anilines is 2. The molecule has 2 aliphatic rings. The minimum Gasteiger partial charge on any atom is -0.378 e. The predicted molar refractivity (Wildman–Crippen MR) is 128 cm³/mol. The summed E-state index contributed by atoms with van der Waals surface area (Å²) in [6, 6.07) is 7.56. The number of fused-ring (bicyclic) bond motifs is 1. The molecular formula is C24H31F2N7O. The van der Waals surface area contributed by atoms with Crippen LogP contribution in [0.1, 0.15) is 43.5 Å². The molecule has 5 rings (SSSR count). The van der Waals surface area contributed by atoms with Crippen LogP contribution in [0.3, 0.4) is 0 Å². The lowest BCUT2D eigenvalue weighted by Crippen LogP contribution is -2.37. The summed E-state index contributed by atoms with van der Waals surface area (Å²) in [6.45, 7) is 5.22. The SMILES string of the molecule is Cc1ccc2nc(C(F)F)n(-c3cc(N4CCOCC4)nc(NC[C@H]4CC[C@H](N)CC4)n3)c2c1. The second-order valence-corrected chi connectivity index (χ2v) is 9.27. The Bertz CT molecular complexity index is 1140. The number of aryl methyl sites for hydroxylation is 1. The van der Waals surface area contributed by atoms with Crippen molar-refractivity contribution in [1.29, 1.82) is 0 Å². The van der Waals surface area contributed by atoms with Crippen molar-refractivity contribution in [2.24, 2.45) is 11.7 Å². The Morgan fingerprint density at radius 1 is 1.06 bits per heavy atom. The smallest absolute Gasteiger partial charge is 0.296 e. The lowest BCUT2D eigenvalue weighted by Gasteiger charge is -2.29. The van der Waals surface area contributed by atoms with E-state index < -0.39 is 6.43 Å². The Morgan fingerprint density at radius 2 is 1.79 bits per heavy atom. The molecule has 34 heavy (non-hydrogen) atoms. The maximum Gasteiger partial charge on any atom is 0.296 e. The van der Waals surface area contributed by atoms with Crippen LogP contribution in [0, 0.1) is 12.8 Å². The Hall–Kier alpha value is -2.85. The molecule has 2 fully saturated rings. The standard InChI is InChI=1S/C24H31F2N7O/c1-15-2-7-18-19(12-15)33(23(29-18)22(25)26)21-13-20(32-8-10-34-11-9-32)30-24(31-21)28-14-16-3-5-17(27)6-4-16/h2,7,12-13,16-17,22H,3-6,8-11,14,27H2,1H3,(H,28,30,31)/t16-,17-. The fraction of sp³-hybridized carbons (Fsp3) is 0.542. The first-order chi connectivity index (χ1) is 16.5. The molecule has 3 N–H and O–H groups in total. The van der Waals surface area contributed by atoms with Crippen molar-refractivity contribution in [2.75, 3.05) is 43.1 Å². The molecule has 3 aromatic rings. The van der Waals surface area contributed by atoms with E-state index in [9.17, 15) is 8.78 Å². The van der Waals surface area contributed by atoms with Crippen LogP contribution in [-0.4, -0.2) is 58.4 Å². The van der Waals surface area contributed by atoms with E-state index in [0.717, 1.165) is 37.8 Å². The van der Waals surface area contributed by atoms with Crippen molar-refractivity contribution in [3.63, 3.8) is 0 Å². The summed E-state index contributed by atoms with van der Waals surface area (Å²) in [7, 11) is 0. The quantitative estimate of drug-likeness (QED) is 0.564. The number of morpholine rings is 1. The molecule has 0 bridgehead atoms. The summed E-state index contributed by atoms with van der Waals surface area (Å²) in [5.74, 6) is 1.68. The van der Waals surface area contributed by atoms with Crippen LogP contribution in [0.15, 0.2) is 24.3 Å². The van der Waals surface area contributed by atoms with E-state index in [1.54, 1.807) is 12.1 Å². The van der Waals surface area contributed by atoms with E-state index in [2.05, 4.69) is 20.2 Å². The first-order valence-corrected chi connectivity index (χ1v) is 12.0. The number of halogens is 2. The molecule has 1 saturated heterocycles. The predicted octanol–water partition coefficient (Wildman–Crippen LogP) is 3.83. The minimum absolute atomic E-state index is 0.287. The van der Waals surface area contributed by atoms with Gasteiger partial charge in [0.1, 0.15) is 11.6 Å². The van der Waals surface area contributed by atoms with Gasteiger partial charge in [-0.05, 0) is 56.2 Å². The number of imidazole rings is 1. The molecule has 0 unspecified atom stereocenters. The second-order valence-electron chi connectivity index (χ2n) is 9.27. The van der Waals surface area contributed by atoms with Crippen molar-refractivity contribution in [1.82, 2.24) is 19.5 Å². The van der Waals surface area contributed by atoms with Crippen molar-refractivity contribution >= 4 is 22.8 Å². The highest BCUT2D eigenvalue weighted by Gasteiger charge is 2.24. The van der Waals surface area contributed by atoms with Gasteiger partial charge in [0.15, 0.2) is 5.82 Å². The summed E-state index contributed by atoms with van der Waals surface area (Å²) >= 11 is 0. The molecule has 0 radical (unpaired) electrons. The number of nitrogens with two attached hydrogens (primary N) is 1. The van der Waals surface area contributed by atoms with Gasteiger partial charge in [0.05, 0.1) is 24.2 Å². The van der Waals surface area contributed by atoms with Crippen LogP contribution < -0.4 is 16.0 Å². The molecule has 10 heteroatoms. The summed E-state index contributed by atoms with van der Waals surface area (Å²) in [5.41, 5.74) is 8.13. The van der Waals surface area contributed by atoms with E-state index in [1.165, 1.54) is 4.57 Å². The van der Waals surface area contributed by atoms with Gasteiger partial charge >= 0.3 is 0 Å². The first-order valence-electron chi connectivity index (χ1n) is 12.0. The summed E-state index contributed by atoms with van der Waals surface area (Å²) in [5, 5.41) is 3.38. The number of rotatable bonds is 6. The molecule has 1 aromatic carbocycles. The lowest BCUT2D eigenvalue weighted by molar-refractivity contribution is 0.122. The van der Waals surface area contributed by atoms with E-state index in [4.69, 9.17) is 15.5 Å². The van der Waals surface area contributed by atoms with Crippen LogP contribution >= 0.6 is 0 Å². The molecule has 0 spiro atoms. The topological polar surface area (TPSA) is 94.1 Å². The zero-order valence-corrected chi connectivity index (χ0v) is 19.4. The van der Waals surface area contributed by atoms with Gasteiger partial charge in [-0.1, -0.05) is 6.07 Å². The minimum atomic E-state index is -2.74. The normalized spacial score (nSPS) is 21.4. The average Bonchev–Trinajstić information content (AvgIpc) is 3.23. The van der Waals surface area contributed by atoms with Gasteiger partial charge < -0.3 is 20.7 Å². The van der Waals surface area contributed by atoms with Crippen molar-refractivity contribution in [3.05, 3.63) is 35.7 Å². The van der Waals surface area contributed by atoms with Gasteiger partial charge in [-0.25, -0.2) is 13.8 Å². The highest BCUT2D eigenvalue weighted by atomic mass is 19.3. The van der Waals surface area contributed by atoms with Gasteiger partial charge in [-0.15, -0.1) is 0 Å². The van der Waals surface area contributed by atoms with Gasteiger partial charge in [0, 0.05) is 31.7 Å². The van der Waals surface area contributed by atoms with Gasteiger partial charge in [-0.3, -0.25) is 4.57 Å². The fourth-order valence-electron chi connectivity index (χ4n) is 4.79. The molecule has 3 heterocycles. The van der Waals surface area contributed by atoms with Crippen molar-refractivity contribution < 1.29 is 13.5 Å². The highest BCUT2D eigenvalue weighted by molar-refractivity contribution is 5.79. The number of aromatic nitrogens is 4. The first kappa shape index (κ1) is 22.9. The summed E-state index contributed by atoms with van der Waals surface area (Å²) in [6.07, 6.45) is 1.42. The lowest BCUT2D eigenvalue weighted by atomic mass is 9.86. The highest BCUT2D eigenvalue weighted by Crippen LogP contribution is 2.30. The van der Waals surface area contributed by atoms with Crippen molar-refractivity contribution in [2.45, 2.75) is 45.1 Å². The molecule has 0 amide bonds. The Balaban J connectivity index is 1.54. The van der Waals surface area contributed by atoms with E-state index in [-0.39, 0.29) is 11.9 Å². The Morgan fingerprint density at radius 3 is 2.53 bits per heavy atom. The number of benzene rings is 1. The number of ether oxygens (including phenoxy) is 1. The number of hydrogen-bond donors (Lipinski definition) is 2. The molecule has 182 valence electrons. The molecule has 1 aliphatic heterocycles. The Kier molecular flexibility index (Phi) is 6.60. The molecule has 0 atom stereocenters. The monoisotopic (exact) mass is 471 g/mol. The van der Waals surface area contributed by atoms with Crippen LogP contribution in [-0.2, 0) is 4.74 Å². The number of hydrogen-bond acceptors (Lipinski definition) is 7. The number of alkyl halides is 2. The third kappa shape index (κ3) is 4.83. The maximum absolute atomic E-state index is 14.1. The van der Waals surface area contributed by atoms with Gasteiger partial charge in [0.25, 0.3) is 6.43 Å². The third-order valence-corrected chi connectivity index (χ3v) is 6.73. The number of nitrogens with zero attached hydrogens (tertiary/aromatic N) is 5. The number of nitrogens with one attached hydrogen (secondary N) is 1. The zero-order valence-electron chi connectivity index (χ0n) is 19.4. The van der Waals surface area contributed by atoms with Crippen molar-refractivity contribution in [3.8, 4) is 5.82 Å². The summed E-state index contributed by atoms with van der Waals surface area (Å²) in [4.78, 5) is 15.7. The third-order valence-electron chi connectivity index (χ3n) is 6.73. The van der Waals surface area contributed by atoms with E-state index in [1.807, 2.05) is 19.1 Å². The van der Waals surface area contributed by atoms with Crippen LogP contribution in [0.2, 0.25) is 0 Å². The van der Waals surface area contributed by atoms with E-state index >= 15 is 0 Å². The molecule has 1 aliphatic carbocycles. The molecule has 2 aromatic heterocycles. The van der Waals surface area contributed by atoms with Crippen LogP contribution in [0.25, 0.3) is 16.9 Å². The molecular weight excluding hydrogens is 440 g/mol. The molecule has 1 saturated carbocycles. The maximum atomic E-state index is 14.1.